The molecule has 1 aliphatic rings. The van der Waals surface area contributed by atoms with Crippen LogP contribution in [0.1, 0.15) is 32.4 Å². The summed E-state index contributed by atoms with van der Waals surface area (Å²) in [4.78, 5) is 12.6. The Kier molecular flexibility index (Phi) is 5.79. The van der Waals surface area contributed by atoms with Gasteiger partial charge in [0.05, 0.1) is 20.0 Å². The van der Waals surface area contributed by atoms with Crippen LogP contribution in [0.25, 0.3) is 11.2 Å². The maximum Gasteiger partial charge on any atom is 0.245 e. The highest BCUT2D eigenvalue weighted by Crippen LogP contribution is 2.34. The van der Waals surface area contributed by atoms with Crippen LogP contribution in [0, 0.1) is 0 Å². The van der Waals surface area contributed by atoms with Crippen molar-refractivity contribution in [2.75, 3.05) is 20.3 Å². The Balaban J connectivity index is 1.87. The van der Waals surface area contributed by atoms with E-state index in [-0.39, 0.29) is 6.61 Å². The SMILES string of the molecule is CCCCCO[C@H]1[C@H](O)[C@@H](CO)O[C@H]1n1cnc2c(OC)ncnc21. The second kappa shape index (κ2) is 8.05. The van der Waals surface area contributed by atoms with Crippen LogP contribution in [-0.4, -0.2) is 68.4 Å². The van der Waals surface area contributed by atoms with E-state index in [9.17, 15) is 10.2 Å². The smallest absolute Gasteiger partial charge is 0.245 e. The first-order chi connectivity index (χ1) is 12.2. The van der Waals surface area contributed by atoms with Crippen molar-refractivity contribution in [1.82, 2.24) is 19.5 Å². The van der Waals surface area contributed by atoms with Gasteiger partial charge in [0.1, 0.15) is 24.6 Å². The van der Waals surface area contributed by atoms with Crippen molar-refractivity contribution < 1.29 is 24.4 Å². The third-order valence-electron chi connectivity index (χ3n) is 4.34. The molecule has 2 aromatic heterocycles. The zero-order chi connectivity index (χ0) is 17.8. The fourth-order valence-electron chi connectivity index (χ4n) is 3.01. The van der Waals surface area contributed by atoms with Crippen LogP contribution < -0.4 is 4.74 Å². The third kappa shape index (κ3) is 3.45. The van der Waals surface area contributed by atoms with Crippen LogP contribution in [-0.2, 0) is 9.47 Å². The van der Waals surface area contributed by atoms with E-state index in [0.29, 0.717) is 23.7 Å². The van der Waals surface area contributed by atoms with Crippen molar-refractivity contribution in [3.8, 4) is 5.88 Å². The molecule has 0 saturated carbocycles. The minimum Gasteiger partial charge on any atom is -0.479 e. The molecule has 2 N–H and O–H groups in total. The molecular formula is C16H24N4O5. The van der Waals surface area contributed by atoms with E-state index in [1.54, 1.807) is 10.9 Å². The highest BCUT2D eigenvalue weighted by molar-refractivity contribution is 5.76. The van der Waals surface area contributed by atoms with Crippen molar-refractivity contribution in [2.45, 2.75) is 50.7 Å². The fourth-order valence-corrected chi connectivity index (χ4v) is 3.01. The van der Waals surface area contributed by atoms with Gasteiger partial charge in [0, 0.05) is 6.61 Å². The van der Waals surface area contributed by atoms with Crippen molar-refractivity contribution in [2.24, 2.45) is 0 Å². The Morgan fingerprint density at radius 3 is 2.84 bits per heavy atom. The lowest BCUT2D eigenvalue weighted by Crippen LogP contribution is -2.35. The summed E-state index contributed by atoms with van der Waals surface area (Å²) in [6.45, 7) is 2.33. The van der Waals surface area contributed by atoms with Crippen LogP contribution in [0.5, 0.6) is 5.88 Å². The molecule has 9 nitrogen and oxygen atoms in total. The molecule has 3 heterocycles. The molecule has 0 spiro atoms. The molecule has 25 heavy (non-hydrogen) atoms. The predicted molar refractivity (Wildman–Crippen MR) is 88.1 cm³/mol. The maximum atomic E-state index is 10.4. The predicted octanol–water partition coefficient (Wildman–Crippen LogP) is 0.661. The summed E-state index contributed by atoms with van der Waals surface area (Å²) >= 11 is 0. The topological polar surface area (TPSA) is 112 Å². The number of hydrogen-bond acceptors (Lipinski definition) is 8. The Hall–Kier alpha value is -1.81. The summed E-state index contributed by atoms with van der Waals surface area (Å²) in [6.07, 6.45) is 3.06. The number of methoxy groups -OCH3 is 1. The number of imidazole rings is 1. The van der Waals surface area contributed by atoms with E-state index in [1.165, 1.54) is 13.4 Å². The first kappa shape index (κ1) is 18.0. The molecule has 3 rings (SSSR count). The Morgan fingerprint density at radius 1 is 1.28 bits per heavy atom. The fraction of sp³-hybridized carbons (Fsp3) is 0.688. The number of nitrogens with zero attached hydrogens (tertiary/aromatic N) is 4. The molecule has 1 aliphatic heterocycles. The zero-order valence-electron chi connectivity index (χ0n) is 14.4. The highest BCUT2D eigenvalue weighted by atomic mass is 16.6. The quantitative estimate of drug-likeness (QED) is 0.667. The van der Waals surface area contributed by atoms with Gasteiger partial charge in [-0.05, 0) is 6.42 Å². The minimum atomic E-state index is -0.933. The number of hydrogen-bond donors (Lipinski definition) is 2. The molecule has 1 fully saturated rings. The van der Waals surface area contributed by atoms with Gasteiger partial charge in [-0.25, -0.2) is 9.97 Å². The molecule has 0 amide bonds. The summed E-state index contributed by atoms with van der Waals surface area (Å²) in [7, 11) is 1.51. The molecule has 2 aromatic rings. The number of rotatable bonds is 8. The highest BCUT2D eigenvalue weighted by Gasteiger charge is 2.45. The van der Waals surface area contributed by atoms with Gasteiger partial charge in [-0.3, -0.25) is 4.57 Å². The molecule has 4 atom stereocenters. The first-order valence-corrected chi connectivity index (χ1v) is 8.48. The molecule has 0 aromatic carbocycles. The standard InChI is InChI=1S/C16H24N4O5/c1-3-4-5-6-24-13-12(22)10(7-21)25-16(13)20-9-19-11-14(20)17-8-18-15(11)23-2/h8-10,12-13,16,21-22H,3-7H2,1-2H3/t10-,12-,13+,16-/m1/s1. The lowest BCUT2D eigenvalue weighted by molar-refractivity contribution is -0.0710. The number of unbranched alkanes of at least 4 members (excludes halogenated alkanes) is 2. The number of aromatic nitrogens is 4. The van der Waals surface area contributed by atoms with E-state index >= 15 is 0 Å². The number of aliphatic hydroxyl groups is 2. The second-order valence-corrected chi connectivity index (χ2v) is 5.99. The van der Waals surface area contributed by atoms with Gasteiger partial charge < -0.3 is 24.4 Å². The molecule has 0 unspecified atom stereocenters. The van der Waals surface area contributed by atoms with Crippen molar-refractivity contribution in [3.05, 3.63) is 12.7 Å². The van der Waals surface area contributed by atoms with Gasteiger partial charge in [0.2, 0.25) is 5.88 Å². The molecular weight excluding hydrogens is 328 g/mol. The van der Waals surface area contributed by atoms with Crippen molar-refractivity contribution >= 4 is 11.2 Å². The summed E-state index contributed by atoms with van der Waals surface area (Å²) in [5, 5.41) is 19.9. The van der Waals surface area contributed by atoms with Gasteiger partial charge in [0.15, 0.2) is 17.4 Å². The van der Waals surface area contributed by atoms with Gasteiger partial charge in [-0.2, -0.15) is 4.98 Å². The summed E-state index contributed by atoms with van der Waals surface area (Å²) in [6, 6.07) is 0. The van der Waals surface area contributed by atoms with E-state index in [1.807, 2.05) is 0 Å². The molecule has 0 aliphatic carbocycles. The number of ether oxygens (including phenoxy) is 3. The average molecular weight is 352 g/mol. The Morgan fingerprint density at radius 2 is 2.12 bits per heavy atom. The second-order valence-electron chi connectivity index (χ2n) is 5.99. The molecule has 9 heteroatoms. The van der Waals surface area contributed by atoms with Gasteiger partial charge in [0.25, 0.3) is 0 Å². The Labute approximate surface area is 145 Å². The molecule has 0 radical (unpaired) electrons. The van der Waals surface area contributed by atoms with E-state index in [2.05, 4.69) is 21.9 Å². The summed E-state index contributed by atoms with van der Waals surface area (Å²) in [5.41, 5.74) is 1.02. The van der Waals surface area contributed by atoms with Gasteiger partial charge in [-0.1, -0.05) is 19.8 Å². The van der Waals surface area contributed by atoms with Crippen LogP contribution in [0.3, 0.4) is 0 Å². The van der Waals surface area contributed by atoms with Crippen LogP contribution in [0.4, 0.5) is 0 Å². The van der Waals surface area contributed by atoms with E-state index in [4.69, 9.17) is 14.2 Å². The van der Waals surface area contributed by atoms with Crippen molar-refractivity contribution in [1.29, 1.82) is 0 Å². The Bertz CT molecular complexity index is 694. The molecule has 0 bridgehead atoms. The average Bonchev–Trinajstić information content (AvgIpc) is 3.19. The summed E-state index contributed by atoms with van der Waals surface area (Å²) < 4.78 is 18.6. The number of fused-ring (bicyclic) bond motifs is 1. The normalized spacial score (nSPS) is 26.4. The lowest BCUT2D eigenvalue weighted by atomic mass is 10.1. The lowest BCUT2D eigenvalue weighted by Gasteiger charge is -2.22. The largest absolute Gasteiger partial charge is 0.479 e. The number of aliphatic hydroxyl groups excluding tert-OH is 2. The van der Waals surface area contributed by atoms with Crippen LogP contribution in [0.2, 0.25) is 0 Å². The van der Waals surface area contributed by atoms with E-state index < -0.39 is 24.5 Å². The van der Waals surface area contributed by atoms with Crippen LogP contribution >= 0.6 is 0 Å². The summed E-state index contributed by atoms with van der Waals surface area (Å²) in [5.74, 6) is 0.362. The van der Waals surface area contributed by atoms with Crippen LogP contribution in [0.15, 0.2) is 12.7 Å². The zero-order valence-corrected chi connectivity index (χ0v) is 14.4. The third-order valence-corrected chi connectivity index (χ3v) is 4.34. The minimum absolute atomic E-state index is 0.294. The monoisotopic (exact) mass is 352 g/mol. The molecule has 138 valence electrons. The van der Waals surface area contributed by atoms with Gasteiger partial charge in [-0.15, -0.1) is 0 Å². The maximum absolute atomic E-state index is 10.4. The van der Waals surface area contributed by atoms with Gasteiger partial charge >= 0.3 is 0 Å². The van der Waals surface area contributed by atoms with E-state index in [0.717, 1.165) is 19.3 Å². The van der Waals surface area contributed by atoms with Crippen molar-refractivity contribution in [3.63, 3.8) is 0 Å². The molecule has 1 saturated heterocycles. The first-order valence-electron chi connectivity index (χ1n) is 8.48.